The van der Waals surface area contributed by atoms with Crippen LogP contribution in [0.3, 0.4) is 0 Å². The Bertz CT molecular complexity index is 760. The molecular weight excluding hydrogens is 218 g/mol. The van der Waals surface area contributed by atoms with Gasteiger partial charge in [0.25, 0.3) is 0 Å². The van der Waals surface area contributed by atoms with Gasteiger partial charge in [-0.2, -0.15) is 0 Å². The Morgan fingerprint density at radius 2 is 1.72 bits per heavy atom. The van der Waals surface area contributed by atoms with E-state index in [4.69, 9.17) is 0 Å². The molecule has 1 heteroatoms. The van der Waals surface area contributed by atoms with Crippen LogP contribution >= 0.6 is 0 Å². The first-order chi connectivity index (χ1) is 8.72. The van der Waals surface area contributed by atoms with Gasteiger partial charge in [-0.25, -0.2) is 0 Å². The lowest BCUT2D eigenvalue weighted by molar-refractivity contribution is 1.01. The third-order valence-electron chi connectivity index (χ3n) is 3.80. The second kappa shape index (κ2) is 4.02. The molecule has 0 saturated carbocycles. The summed E-state index contributed by atoms with van der Waals surface area (Å²) < 4.78 is 2.26. The molecule has 0 fully saturated rings. The van der Waals surface area contributed by atoms with Crippen LogP contribution in [0, 0.1) is 0 Å². The van der Waals surface area contributed by atoms with E-state index in [0.717, 1.165) is 0 Å². The summed E-state index contributed by atoms with van der Waals surface area (Å²) in [6, 6.07) is 15.3. The Labute approximate surface area is 107 Å². The van der Waals surface area contributed by atoms with Crippen LogP contribution in [0.15, 0.2) is 48.5 Å². The summed E-state index contributed by atoms with van der Waals surface area (Å²) in [5.74, 6) is 0. The second-order valence-corrected chi connectivity index (χ2v) is 4.78. The Morgan fingerprint density at radius 1 is 1.00 bits per heavy atom. The third kappa shape index (κ3) is 1.47. The van der Waals surface area contributed by atoms with Gasteiger partial charge in [0.1, 0.15) is 0 Å². The van der Waals surface area contributed by atoms with Crippen molar-refractivity contribution in [1.82, 2.24) is 4.57 Å². The van der Waals surface area contributed by atoms with Crippen molar-refractivity contribution in [3.63, 3.8) is 0 Å². The van der Waals surface area contributed by atoms with Crippen molar-refractivity contribution in [3.05, 3.63) is 54.1 Å². The number of aromatic nitrogens is 1. The van der Waals surface area contributed by atoms with Gasteiger partial charge in [-0.15, -0.1) is 0 Å². The number of allylic oxidation sites excluding steroid dienone is 2. The molecule has 0 N–H and O–H groups in total. The molecule has 0 aliphatic carbocycles. The van der Waals surface area contributed by atoms with E-state index in [1.807, 2.05) is 0 Å². The highest BCUT2D eigenvalue weighted by molar-refractivity contribution is 6.08. The smallest absolute Gasteiger partial charge is 0.0489 e. The number of aryl methyl sites for hydroxylation is 1. The second-order valence-electron chi connectivity index (χ2n) is 4.78. The van der Waals surface area contributed by atoms with Crippen molar-refractivity contribution in [2.24, 2.45) is 7.05 Å². The fraction of sp³-hybridized carbons (Fsp3) is 0.176. The number of nitrogens with zero attached hydrogens (tertiary/aromatic N) is 1. The Balaban J connectivity index is 2.43. The van der Waals surface area contributed by atoms with Crippen molar-refractivity contribution in [2.45, 2.75) is 13.8 Å². The maximum atomic E-state index is 2.30. The highest BCUT2D eigenvalue weighted by Crippen LogP contribution is 2.30. The van der Waals surface area contributed by atoms with E-state index in [-0.39, 0.29) is 0 Å². The van der Waals surface area contributed by atoms with Crippen molar-refractivity contribution in [1.29, 1.82) is 0 Å². The van der Waals surface area contributed by atoms with Crippen LogP contribution in [0.25, 0.3) is 27.4 Å². The average Bonchev–Trinajstić information content (AvgIpc) is 2.72. The lowest BCUT2D eigenvalue weighted by Gasteiger charge is -2.02. The van der Waals surface area contributed by atoms with Gasteiger partial charge in [0.05, 0.1) is 0 Å². The molecule has 1 aromatic heterocycles. The first kappa shape index (κ1) is 11.1. The maximum absolute atomic E-state index is 2.30. The van der Waals surface area contributed by atoms with Crippen molar-refractivity contribution in [3.8, 4) is 0 Å². The molecule has 1 nitrogen and oxygen atoms in total. The van der Waals surface area contributed by atoms with E-state index < -0.39 is 0 Å². The molecule has 0 aliphatic heterocycles. The molecule has 0 radical (unpaired) electrons. The summed E-state index contributed by atoms with van der Waals surface area (Å²) in [4.78, 5) is 0. The first-order valence-electron chi connectivity index (χ1n) is 6.33. The molecule has 3 rings (SSSR count). The highest BCUT2D eigenvalue weighted by atomic mass is 14.9. The van der Waals surface area contributed by atoms with Gasteiger partial charge >= 0.3 is 0 Å². The summed E-state index contributed by atoms with van der Waals surface area (Å²) in [6.45, 7) is 4.24. The summed E-state index contributed by atoms with van der Waals surface area (Å²) >= 11 is 0. The number of rotatable bonds is 1. The predicted molar refractivity (Wildman–Crippen MR) is 79.8 cm³/mol. The summed E-state index contributed by atoms with van der Waals surface area (Å²) in [7, 11) is 2.13. The van der Waals surface area contributed by atoms with Crippen LogP contribution in [0.2, 0.25) is 0 Å². The number of hydrogen-bond donors (Lipinski definition) is 0. The SMILES string of the molecule is C/C=C(\C)c1ccc2c(c1)c1ccccc1n2C. The monoisotopic (exact) mass is 235 g/mol. The van der Waals surface area contributed by atoms with Crippen LogP contribution in [0.4, 0.5) is 0 Å². The molecule has 0 spiro atoms. The molecule has 0 amide bonds. The quantitative estimate of drug-likeness (QED) is 0.573. The lowest BCUT2D eigenvalue weighted by atomic mass is 10.0. The maximum Gasteiger partial charge on any atom is 0.0489 e. The standard InChI is InChI=1S/C17H17N/c1-4-12(2)13-9-10-17-15(11-13)14-7-5-6-8-16(14)18(17)3/h4-11H,1-3H3/b12-4+. The van der Waals surface area contributed by atoms with Crippen molar-refractivity contribution < 1.29 is 0 Å². The molecule has 0 unspecified atom stereocenters. The van der Waals surface area contributed by atoms with Crippen LogP contribution < -0.4 is 0 Å². The molecule has 0 bridgehead atoms. The molecular formula is C17H17N. The minimum atomic E-state index is 1.29. The molecule has 0 aliphatic rings. The fourth-order valence-corrected chi connectivity index (χ4v) is 2.58. The third-order valence-corrected chi connectivity index (χ3v) is 3.80. The summed E-state index contributed by atoms with van der Waals surface area (Å²) in [6.07, 6.45) is 2.16. The zero-order chi connectivity index (χ0) is 12.7. The van der Waals surface area contributed by atoms with E-state index >= 15 is 0 Å². The van der Waals surface area contributed by atoms with Crippen LogP contribution in [0.1, 0.15) is 19.4 Å². The van der Waals surface area contributed by atoms with Gasteiger partial charge in [0.2, 0.25) is 0 Å². The first-order valence-corrected chi connectivity index (χ1v) is 6.33. The summed E-state index contributed by atoms with van der Waals surface area (Å²) in [5, 5.41) is 2.67. The molecule has 18 heavy (non-hydrogen) atoms. The topological polar surface area (TPSA) is 4.93 Å². The summed E-state index contributed by atoms with van der Waals surface area (Å²) in [5.41, 5.74) is 5.22. The van der Waals surface area contributed by atoms with Crippen LogP contribution in [-0.2, 0) is 7.05 Å². The zero-order valence-corrected chi connectivity index (χ0v) is 11.1. The Morgan fingerprint density at radius 3 is 2.50 bits per heavy atom. The van der Waals surface area contributed by atoms with Gasteiger partial charge in [-0.05, 0) is 43.2 Å². The van der Waals surface area contributed by atoms with Crippen LogP contribution in [0.5, 0.6) is 0 Å². The van der Waals surface area contributed by atoms with E-state index in [1.165, 1.54) is 32.9 Å². The lowest BCUT2D eigenvalue weighted by Crippen LogP contribution is -1.86. The zero-order valence-electron chi connectivity index (χ0n) is 11.1. The van der Waals surface area contributed by atoms with Gasteiger partial charge in [-0.1, -0.05) is 30.3 Å². The van der Waals surface area contributed by atoms with Gasteiger partial charge < -0.3 is 4.57 Å². The number of fused-ring (bicyclic) bond motifs is 3. The fourth-order valence-electron chi connectivity index (χ4n) is 2.58. The van der Waals surface area contributed by atoms with Crippen molar-refractivity contribution >= 4 is 27.4 Å². The molecule has 0 saturated heterocycles. The van der Waals surface area contributed by atoms with Gasteiger partial charge in [0.15, 0.2) is 0 Å². The molecule has 0 atom stereocenters. The minimum absolute atomic E-state index is 1.29. The molecule has 2 aromatic carbocycles. The number of hydrogen-bond acceptors (Lipinski definition) is 0. The minimum Gasteiger partial charge on any atom is -0.344 e. The Hall–Kier alpha value is -2.02. The molecule has 90 valence electrons. The number of benzene rings is 2. The average molecular weight is 235 g/mol. The molecule has 1 heterocycles. The van der Waals surface area contributed by atoms with Gasteiger partial charge in [0, 0.05) is 28.9 Å². The van der Waals surface area contributed by atoms with Crippen LogP contribution in [-0.4, -0.2) is 4.57 Å². The van der Waals surface area contributed by atoms with Gasteiger partial charge in [-0.3, -0.25) is 0 Å². The molecule has 3 aromatic rings. The van der Waals surface area contributed by atoms with E-state index in [9.17, 15) is 0 Å². The van der Waals surface area contributed by atoms with E-state index in [0.29, 0.717) is 0 Å². The number of para-hydroxylation sites is 1. The Kier molecular flexibility index (Phi) is 2.48. The van der Waals surface area contributed by atoms with Crippen molar-refractivity contribution in [2.75, 3.05) is 0 Å². The normalized spacial score (nSPS) is 12.5. The predicted octanol–water partition coefficient (Wildman–Crippen LogP) is 4.75. The highest BCUT2D eigenvalue weighted by Gasteiger charge is 2.08. The largest absolute Gasteiger partial charge is 0.344 e. The van der Waals surface area contributed by atoms with E-state index in [2.05, 4.69) is 74.0 Å². The van der Waals surface area contributed by atoms with E-state index in [1.54, 1.807) is 0 Å².